The van der Waals surface area contributed by atoms with E-state index in [-0.39, 0.29) is 6.04 Å². The summed E-state index contributed by atoms with van der Waals surface area (Å²) in [5, 5.41) is 4.75. The molecule has 0 bridgehead atoms. The summed E-state index contributed by atoms with van der Waals surface area (Å²) in [5.74, 6) is 2.59. The van der Waals surface area contributed by atoms with Crippen LogP contribution in [0, 0.1) is 13.8 Å². The third-order valence-corrected chi connectivity index (χ3v) is 6.57. The SMILES string of the molecule is Cc1ccc(C[C@@H]2CONC(c3cc4cccn4nc3Oc3cccc(C4CC4)c3)=N2)c(C)c1. The molecule has 172 valence electrons. The first kappa shape index (κ1) is 20.9. The van der Waals surface area contributed by atoms with Gasteiger partial charge in [-0.05, 0) is 86.1 Å². The van der Waals surface area contributed by atoms with Crippen molar-refractivity contribution in [1.29, 1.82) is 0 Å². The van der Waals surface area contributed by atoms with E-state index in [2.05, 4.69) is 55.7 Å². The highest BCUT2D eigenvalue weighted by atomic mass is 16.6. The summed E-state index contributed by atoms with van der Waals surface area (Å²) in [7, 11) is 0. The lowest BCUT2D eigenvalue weighted by atomic mass is 9.99. The molecule has 6 nitrogen and oxygen atoms in total. The van der Waals surface area contributed by atoms with Gasteiger partial charge in [0.05, 0.1) is 23.7 Å². The van der Waals surface area contributed by atoms with Gasteiger partial charge in [0.25, 0.3) is 0 Å². The highest BCUT2D eigenvalue weighted by Gasteiger charge is 2.25. The Morgan fingerprint density at radius 1 is 1.06 bits per heavy atom. The summed E-state index contributed by atoms with van der Waals surface area (Å²) in [6, 6.07) is 20.9. The number of nitrogens with zero attached hydrogens (tertiary/aromatic N) is 3. The Kier molecular flexibility index (Phi) is 5.30. The second kappa shape index (κ2) is 8.61. The fourth-order valence-corrected chi connectivity index (χ4v) is 4.57. The Bertz CT molecular complexity index is 1390. The first-order valence-corrected chi connectivity index (χ1v) is 11.9. The highest BCUT2D eigenvalue weighted by Crippen LogP contribution is 2.41. The van der Waals surface area contributed by atoms with E-state index in [4.69, 9.17) is 19.7 Å². The van der Waals surface area contributed by atoms with Gasteiger partial charge < -0.3 is 4.74 Å². The molecule has 6 rings (SSSR count). The van der Waals surface area contributed by atoms with Crippen LogP contribution in [0.3, 0.4) is 0 Å². The smallest absolute Gasteiger partial charge is 0.248 e. The predicted molar refractivity (Wildman–Crippen MR) is 133 cm³/mol. The summed E-state index contributed by atoms with van der Waals surface area (Å²) in [4.78, 5) is 10.8. The molecule has 0 unspecified atom stereocenters. The molecule has 1 aliphatic carbocycles. The van der Waals surface area contributed by atoms with Gasteiger partial charge in [0.15, 0.2) is 5.84 Å². The van der Waals surface area contributed by atoms with Gasteiger partial charge in [0, 0.05) is 6.20 Å². The third kappa shape index (κ3) is 4.29. The zero-order chi connectivity index (χ0) is 23.1. The van der Waals surface area contributed by atoms with Gasteiger partial charge in [-0.1, -0.05) is 35.9 Å². The van der Waals surface area contributed by atoms with Crippen LogP contribution >= 0.6 is 0 Å². The number of fused-ring (bicyclic) bond motifs is 1. The van der Waals surface area contributed by atoms with Gasteiger partial charge in [0.1, 0.15) is 5.75 Å². The average molecular weight is 453 g/mol. The molecule has 2 aromatic carbocycles. The molecular weight excluding hydrogens is 424 g/mol. The lowest BCUT2D eigenvalue weighted by Crippen LogP contribution is -2.37. The number of nitrogens with one attached hydrogen (secondary N) is 1. The largest absolute Gasteiger partial charge is 0.437 e. The van der Waals surface area contributed by atoms with E-state index in [1.165, 1.54) is 35.1 Å². The molecule has 6 heteroatoms. The number of aliphatic imine (C=N–C) groups is 1. The zero-order valence-electron chi connectivity index (χ0n) is 19.5. The number of hydroxylamine groups is 1. The molecule has 1 atom stereocenters. The van der Waals surface area contributed by atoms with Crippen LogP contribution in [0.2, 0.25) is 0 Å². The first-order chi connectivity index (χ1) is 16.6. The Morgan fingerprint density at radius 2 is 1.97 bits per heavy atom. The van der Waals surface area contributed by atoms with Crippen LogP contribution in [0.5, 0.6) is 11.6 Å². The van der Waals surface area contributed by atoms with E-state index in [0.717, 1.165) is 23.3 Å². The molecule has 2 aliphatic rings. The minimum atomic E-state index is 0.00622. The number of aromatic nitrogens is 2. The van der Waals surface area contributed by atoms with E-state index in [9.17, 15) is 0 Å². The molecule has 0 spiro atoms. The van der Waals surface area contributed by atoms with E-state index in [0.29, 0.717) is 24.2 Å². The van der Waals surface area contributed by atoms with Crippen LogP contribution in [-0.4, -0.2) is 28.1 Å². The van der Waals surface area contributed by atoms with Gasteiger partial charge in [-0.15, -0.1) is 5.10 Å². The number of ether oxygens (including phenoxy) is 1. The van der Waals surface area contributed by atoms with Crippen molar-refractivity contribution in [2.24, 2.45) is 4.99 Å². The second-order valence-corrected chi connectivity index (χ2v) is 9.37. The summed E-state index contributed by atoms with van der Waals surface area (Å²) in [6.07, 6.45) is 5.24. The van der Waals surface area contributed by atoms with Gasteiger partial charge in [-0.25, -0.2) is 10.00 Å². The normalized spacial score (nSPS) is 17.9. The molecule has 0 amide bonds. The summed E-state index contributed by atoms with van der Waals surface area (Å²) >= 11 is 0. The number of hydrogen-bond donors (Lipinski definition) is 1. The van der Waals surface area contributed by atoms with E-state index in [1.54, 1.807) is 0 Å². The van der Waals surface area contributed by atoms with E-state index in [1.807, 2.05) is 35.0 Å². The van der Waals surface area contributed by atoms with Gasteiger partial charge in [-0.3, -0.25) is 9.83 Å². The lowest BCUT2D eigenvalue weighted by Gasteiger charge is -2.23. The van der Waals surface area contributed by atoms with Crippen molar-refractivity contribution in [3.63, 3.8) is 0 Å². The Morgan fingerprint density at radius 3 is 2.82 bits per heavy atom. The predicted octanol–water partition coefficient (Wildman–Crippen LogP) is 5.51. The maximum Gasteiger partial charge on any atom is 0.248 e. The minimum absolute atomic E-state index is 0.00622. The van der Waals surface area contributed by atoms with Crippen molar-refractivity contribution in [2.75, 3.05) is 6.61 Å². The van der Waals surface area contributed by atoms with Crippen molar-refractivity contribution in [3.05, 3.63) is 94.7 Å². The molecule has 1 N–H and O–H groups in total. The van der Waals surface area contributed by atoms with E-state index < -0.39 is 0 Å². The average Bonchev–Trinajstić information content (AvgIpc) is 3.59. The maximum absolute atomic E-state index is 6.34. The van der Waals surface area contributed by atoms with Crippen molar-refractivity contribution in [2.45, 2.75) is 45.1 Å². The van der Waals surface area contributed by atoms with Crippen molar-refractivity contribution in [3.8, 4) is 11.6 Å². The quantitative estimate of drug-likeness (QED) is 0.419. The first-order valence-electron chi connectivity index (χ1n) is 11.9. The van der Waals surface area contributed by atoms with Crippen LogP contribution < -0.4 is 10.2 Å². The lowest BCUT2D eigenvalue weighted by molar-refractivity contribution is 0.0623. The number of hydrogen-bond acceptors (Lipinski definition) is 5. The van der Waals surface area contributed by atoms with Gasteiger partial charge >= 0.3 is 0 Å². The molecule has 34 heavy (non-hydrogen) atoms. The van der Waals surface area contributed by atoms with Gasteiger partial charge in [0.2, 0.25) is 5.88 Å². The van der Waals surface area contributed by atoms with Crippen LogP contribution in [0.1, 0.15) is 46.6 Å². The Hall–Kier alpha value is -3.64. The van der Waals surface area contributed by atoms with Crippen LogP contribution in [0.25, 0.3) is 5.52 Å². The van der Waals surface area contributed by atoms with Gasteiger partial charge in [-0.2, -0.15) is 0 Å². The third-order valence-electron chi connectivity index (χ3n) is 6.57. The van der Waals surface area contributed by atoms with E-state index >= 15 is 0 Å². The Labute approximate surface area is 199 Å². The van der Waals surface area contributed by atoms with Crippen LogP contribution in [0.4, 0.5) is 0 Å². The molecule has 0 radical (unpaired) electrons. The molecule has 3 heterocycles. The molecular formula is C28H28N4O2. The molecule has 1 fully saturated rings. The van der Waals surface area contributed by atoms with Crippen molar-refractivity contribution < 1.29 is 9.57 Å². The standard InChI is InChI=1S/C28H28N4O2/c1-18-8-9-21(19(2)13-18)14-23-17-33-31-27(29-23)26-16-24-6-4-12-32(24)30-28(26)34-25-7-3-5-22(15-25)20-10-11-20/h3-9,12-13,15-16,20,23H,10-11,14,17H2,1-2H3,(H,29,31)/t23-/m1/s1. The summed E-state index contributed by atoms with van der Waals surface area (Å²) < 4.78 is 8.16. The minimum Gasteiger partial charge on any atom is -0.437 e. The molecule has 0 saturated heterocycles. The van der Waals surface area contributed by atoms with Crippen molar-refractivity contribution in [1.82, 2.24) is 15.1 Å². The number of benzene rings is 2. The Balaban J connectivity index is 1.34. The topological polar surface area (TPSA) is 60.2 Å². The number of amidine groups is 1. The number of rotatable bonds is 6. The van der Waals surface area contributed by atoms with Crippen LogP contribution in [-0.2, 0) is 11.3 Å². The maximum atomic E-state index is 6.34. The van der Waals surface area contributed by atoms with Crippen molar-refractivity contribution >= 4 is 11.4 Å². The summed E-state index contributed by atoms with van der Waals surface area (Å²) in [5.41, 5.74) is 9.94. The fourth-order valence-electron chi connectivity index (χ4n) is 4.57. The number of aryl methyl sites for hydroxylation is 2. The molecule has 4 aromatic rings. The summed E-state index contributed by atoms with van der Waals surface area (Å²) in [6.45, 7) is 4.78. The fraction of sp³-hybridized carbons (Fsp3) is 0.286. The monoisotopic (exact) mass is 452 g/mol. The molecule has 2 aromatic heterocycles. The second-order valence-electron chi connectivity index (χ2n) is 9.37. The van der Waals surface area contributed by atoms with Crippen LogP contribution in [0.15, 0.2) is 71.9 Å². The molecule has 1 aliphatic heterocycles. The zero-order valence-corrected chi connectivity index (χ0v) is 19.5. The highest BCUT2D eigenvalue weighted by molar-refractivity contribution is 6.01. The molecule has 1 saturated carbocycles.